The number of cyclic esters (lactones) is 1. The van der Waals surface area contributed by atoms with Crippen molar-refractivity contribution < 1.29 is 19.1 Å². The Bertz CT molecular complexity index is 584. The number of benzene rings is 1. The molecule has 2 heterocycles. The number of para-hydroxylation sites is 1. The van der Waals surface area contributed by atoms with E-state index < -0.39 is 24.0 Å². The highest BCUT2D eigenvalue weighted by Gasteiger charge is 2.54. The average molecular weight is 274 g/mol. The second kappa shape index (κ2) is 4.63. The average Bonchev–Trinajstić information content (AvgIpc) is 2.98. The van der Waals surface area contributed by atoms with Crippen molar-refractivity contribution in [3.05, 3.63) is 30.3 Å². The standard InChI is InChI=1S/C14H14N2O4/c1-8-10-11(13(17)20-12(10)14(18)19-2)15-16(8)9-6-4-3-5-7-9/h3-8,10,12H,1-2H3/t8-,10-,12-/m1/s1. The molecule has 2 aliphatic heterocycles. The highest BCUT2D eigenvalue weighted by Crippen LogP contribution is 2.35. The van der Waals surface area contributed by atoms with Gasteiger partial charge >= 0.3 is 11.9 Å². The van der Waals surface area contributed by atoms with E-state index in [-0.39, 0.29) is 11.8 Å². The minimum Gasteiger partial charge on any atom is -0.466 e. The number of hydrogen-bond acceptors (Lipinski definition) is 6. The first-order chi connectivity index (χ1) is 9.63. The Morgan fingerprint density at radius 1 is 1.35 bits per heavy atom. The monoisotopic (exact) mass is 274 g/mol. The fourth-order valence-electron chi connectivity index (χ4n) is 2.66. The summed E-state index contributed by atoms with van der Waals surface area (Å²) >= 11 is 0. The number of methoxy groups -OCH3 is 1. The summed E-state index contributed by atoms with van der Waals surface area (Å²) in [6, 6.07) is 9.35. The molecule has 0 spiro atoms. The molecule has 0 bridgehead atoms. The maximum atomic E-state index is 11.8. The van der Waals surface area contributed by atoms with Gasteiger partial charge in [0.1, 0.15) is 0 Å². The number of hydrogen-bond donors (Lipinski definition) is 0. The second-order valence-corrected chi connectivity index (χ2v) is 4.78. The van der Waals surface area contributed by atoms with Crippen molar-refractivity contribution in [2.45, 2.75) is 19.1 Å². The number of carbonyl (C=O) groups excluding carboxylic acids is 2. The fourth-order valence-corrected chi connectivity index (χ4v) is 2.66. The minimum atomic E-state index is -0.907. The molecule has 6 nitrogen and oxygen atoms in total. The Morgan fingerprint density at radius 2 is 2.05 bits per heavy atom. The van der Waals surface area contributed by atoms with Crippen molar-refractivity contribution in [1.82, 2.24) is 0 Å². The van der Waals surface area contributed by atoms with Crippen LogP contribution in [-0.4, -0.2) is 36.9 Å². The van der Waals surface area contributed by atoms with E-state index in [4.69, 9.17) is 9.47 Å². The molecule has 3 atom stereocenters. The highest BCUT2D eigenvalue weighted by atomic mass is 16.6. The van der Waals surface area contributed by atoms with Crippen LogP contribution in [0.3, 0.4) is 0 Å². The van der Waals surface area contributed by atoms with Gasteiger partial charge in [-0.05, 0) is 19.1 Å². The van der Waals surface area contributed by atoms with E-state index in [0.717, 1.165) is 5.69 Å². The van der Waals surface area contributed by atoms with Gasteiger partial charge in [-0.2, -0.15) is 5.10 Å². The maximum absolute atomic E-state index is 11.8. The molecule has 0 amide bonds. The number of hydrazone groups is 1. The third-order valence-electron chi connectivity index (χ3n) is 3.66. The van der Waals surface area contributed by atoms with Crippen LogP contribution < -0.4 is 5.01 Å². The predicted octanol–water partition coefficient (Wildman–Crippen LogP) is 0.966. The van der Waals surface area contributed by atoms with Crippen LogP contribution in [0.15, 0.2) is 35.4 Å². The first-order valence-corrected chi connectivity index (χ1v) is 6.35. The number of carbonyl (C=O) groups is 2. The van der Waals surface area contributed by atoms with Gasteiger partial charge in [0.05, 0.1) is 24.8 Å². The Balaban J connectivity index is 1.95. The van der Waals surface area contributed by atoms with Gasteiger partial charge in [0.15, 0.2) is 5.71 Å². The summed E-state index contributed by atoms with van der Waals surface area (Å²) in [4.78, 5) is 23.5. The molecule has 0 aromatic heterocycles. The van der Waals surface area contributed by atoms with Crippen LogP contribution in [0.4, 0.5) is 5.69 Å². The summed E-state index contributed by atoms with van der Waals surface area (Å²) in [5, 5.41) is 6.06. The van der Waals surface area contributed by atoms with E-state index in [1.165, 1.54) is 7.11 Å². The first kappa shape index (κ1) is 12.7. The molecular formula is C14H14N2O4. The SMILES string of the molecule is COC(=O)[C@@H]1OC(=O)C2=NN(c3ccccc3)[C@H](C)[C@H]21. The molecule has 1 aromatic rings. The normalized spacial score (nSPS) is 27.9. The van der Waals surface area contributed by atoms with Gasteiger partial charge < -0.3 is 9.47 Å². The van der Waals surface area contributed by atoms with Crippen LogP contribution in [0.25, 0.3) is 0 Å². The van der Waals surface area contributed by atoms with Crippen LogP contribution in [-0.2, 0) is 19.1 Å². The lowest BCUT2D eigenvalue weighted by atomic mass is 9.93. The van der Waals surface area contributed by atoms with E-state index in [1.807, 2.05) is 37.3 Å². The molecule has 0 saturated carbocycles. The first-order valence-electron chi connectivity index (χ1n) is 6.35. The van der Waals surface area contributed by atoms with E-state index in [0.29, 0.717) is 0 Å². The lowest BCUT2D eigenvalue weighted by molar-refractivity contribution is -0.160. The molecular weight excluding hydrogens is 260 g/mol. The molecule has 3 rings (SSSR count). The van der Waals surface area contributed by atoms with Crippen LogP contribution in [0, 0.1) is 5.92 Å². The van der Waals surface area contributed by atoms with Crippen molar-refractivity contribution in [1.29, 1.82) is 0 Å². The van der Waals surface area contributed by atoms with E-state index in [1.54, 1.807) is 5.01 Å². The number of ether oxygens (including phenoxy) is 2. The highest BCUT2D eigenvalue weighted by molar-refractivity contribution is 6.41. The topological polar surface area (TPSA) is 68.2 Å². The zero-order valence-corrected chi connectivity index (χ0v) is 11.1. The smallest absolute Gasteiger partial charge is 0.355 e. The van der Waals surface area contributed by atoms with Gasteiger partial charge in [0.25, 0.3) is 0 Å². The van der Waals surface area contributed by atoms with Crippen LogP contribution in [0.5, 0.6) is 0 Å². The van der Waals surface area contributed by atoms with Crippen molar-refractivity contribution >= 4 is 23.3 Å². The molecule has 20 heavy (non-hydrogen) atoms. The summed E-state index contributed by atoms with van der Waals surface area (Å²) in [5.41, 5.74) is 1.16. The van der Waals surface area contributed by atoms with E-state index >= 15 is 0 Å². The van der Waals surface area contributed by atoms with Gasteiger partial charge in [0.2, 0.25) is 6.10 Å². The number of nitrogens with zero attached hydrogens (tertiary/aromatic N) is 2. The Morgan fingerprint density at radius 3 is 2.70 bits per heavy atom. The molecule has 6 heteroatoms. The Kier molecular flexibility index (Phi) is 2.93. The quantitative estimate of drug-likeness (QED) is 0.752. The van der Waals surface area contributed by atoms with Gasteiger partial charge in [-0.15, -0.1) is 0 Å². The summed E-state index contributed by atoms with van der Waals surface area (Å²) in [7, 11) is 1.28. The third-order valence-corrected chi connectivity index (χ3v) is 3.66. The number of rotatable bonds is 2. The van der Waals surface area contributed by atoms with Crippen molar-refractivity contribution in [2.75, 3.05) is 12.1 Å². The molecule has 0 unspecified atom stereocenters. The van der Waals surface area contributed by atoms with E-state index in [2.05, 4.69) is 5.10 Å². The van der Waals surface area contributed by atoms with Crippen molar-refractivity contribution in [3.8, 4) is 0 Å². The van der Waals surface area contributed by atoms with Crippen molar-refractivity contribution in [3.63, 3.8) is 0 Å². The van der Waals surface area contributed by atoms with E-state index in [9.17, 15) is 9.59 Å². The van der Waals surface area contributed by atoms with Crippen molar-refractivity contribution in [2.24, 2.45) is 11.0 Å². The lowest BCUT2D eigenvalue weighted by Crippen LogP contribution is -2.39. The third kappa shape index (κ3) is 1.76. The number of esters is 2. The molecule has 2 aliphatic rings. The number of anilines is 1. The molecule has 1 fully saturated rings. The Hall–Kier alpha value is -2.37. The summed E-state index contributed by atoms with van der Waals surface area (Å²) in [5.74, 6) is -1.49. The molecule has 1 saturated heterocycles. The minimum absolute atomic E-state index is 0.150. The molecule has 1 aromatic carbocycles. The van der Waals surface area contributed by atoms with Gasteiger partial charge in [-0.1, -0.05) is 18.2 Å². The van der Waals surface area contributed by atoms with Crippen LogP contribution in [0.1, 0.15) is 6.92 Å². The van der Waals surface area contributed by atoms with Crippen LogP contribution in [0.2, 0.25) is 0 Å². The summed E-state index contributed by atoms with van der Waals surface area (Å²) < 4.78 is 9.75. The van der Waals surface area contributed by atoms with Gasteiger partial charge in [-0.25, -0.2) is 9.59 Å². The molecule has 104 valence electrons. The number of fused-ring (bicyclic) bond motifs is 1. The van der Waals surface area contributed by atoms with Gasteiger partial charge in [-0.3, -0.25) is 5.01 Å². The molecule has 0 N–H and O–H groups in total. The predicted molar refractivity (Wildman–Crippen MR) is 71.2 cm³/mol. The van der Waals surface area contributed by atoms with Crippen LogP contribution >= 0.6 is 0 Å². The Labute approximate surface area is 116 Å². The zero-order chi connectivity index (χ0) is 14.3. The largest absolute Gasteiger partial charge is 0.466 e. The molecule has 0 radical (unpaired) electrons. The van der Waals surface area contributed by atoms with Gasteiger partial charge in [0, 0.05) is 0 Å². The summed E-state index contributed by atoms with van der Waals surface area (Å²) in [6.07, 6.45) is -0.907. The lowest BCUT2D eigenvalue weighted by Gasteiger charge is -2.25. The summed E-state index contributed by atoms with van der Waals surface area (Å²) in [6.45, 7) is 1.91. The zero-order valence-electron chi connectivity index (χ0n) is 11.1. The molecule has 0 aliphatic carbocycles. The second-order valence-electron chi connectivity index (χ2n) is 4.78. The fraction of sp³-hybridized carbons (Fsp3) is 0.357. The maximum Gasteiger partial charge on any atom is 0.355 e.